The Bertz CT molecular complexity index is 357. The van der Waals surface area contributed by atoms with Gasteiger partial charge in [-0.05, 0) is 63.2 Å². The van der Waals surface area contributed by atoms with Gasteiger partial charge in [0.15, 0.2) is 0 Å². The summed E-state index contributed by atoms with van der Waals surface area (Å²) < 4.78 is 6.24. The van der Waals surface area contributed by atoms with Crippen LogP contribution in [0.4, 0.5) is 0 Å². The number of unbranched alkanes of at least 4 members (excludes halogenated alkanes) is 1. The summed E-state index contributed by atoms with van der Waals surface area (Å²) in [7, 11) is 0. The predicted molar refractivity (Wildman–Crippen MR) is 96.1 cm³/mol. The highest BCUT2D eigenvalue weighted by Crippen LogP contribution is 2.41. The van der Waals surface area contributed by atoms with Gasteiger partial charge in [0, 0.05) is 0 Å². The van der Waals surface area contributed by atoms with Crippen molar-refractivity contribution in [2.45, 2.75) is 103 Å². The molecule has 0 aliphatic heterocycles. The molecular formula is C21H37NO. The zero-order valence-electron chi connectivity index (χ0n) is 15.5. The maximum absolute atomic E-state index is 9.72. The highest BCUT2D eigenvalue weighted by molar-refractivity contribution is 5.02. The molecule has 2 aliphatic carbocycles. The third-order valence-electron chi connectivity index (χ3n) is 6.35. The lowest BCUT2D eigenvalue weighted by atomic mass is 9.70. The van der Waals surface area contributed by atoms with Gasteiger partial charge in [-0.3, -0.25) is 0 Å². The second-order valence-corrected chi connectivity index (χ2v) is 8.22. The molecule has 2 nitrogen and oxygen atoms in total. The van der Waals surface area contributed by atoms with Crippen molar-refractivity contribution < 1.29 is 4.74 Å². The van der Waals surface area contributed by atoms with E-state index >= 15 is 0 Å². The molecule has 0 aromatic heterocycles. The molecule has 0 heterocycles. The highest BCUT2D eigenvalue weighted by atomic mass is 16.5. The molecule has 2 heteroatoms. The molecule has 0 aromatic carbocycles. The van der Waals surface area contributed by atoms with Gasteiger partial charge in [0.25, 0.3) is 0 Å². The van der Waals surface area contributed by atoms with Gasteiger partial charge in [-0.15, -0.1) is 0 Å². The Labute approximate surface area is 144 Å². The zero-order valence-corrected chi connectivity index (χ0v) is 15.5. The lowest BCUT2D eigenvalue weighted by molar-refractivity contribution is -0.0299. The Kier molecular flexibility index (Phi) is 7.90. The Hall–Kier alpha value is -0.550. The van der Waals surface area contributed by atoms with Crippen molar-refractivity contribution >= 4 is 0 Å². The molecule has 2 saturated carbocycles. The van der Waals surface area contributed by atoms with Gasteiger partial charge in [0.2, 0.25) is 0 Å². The molecule has 0 amide bonds. The summed E-state index contributed by atoms with van der Waals surface area (Å²) in [6.45, 7) is 5.24. The topological polar surface area (TPSA) is 33.0 Å². The van der Waals surface area contributed by atoms with E-state index in [0.717, 1.165) is 24.7 Å². The fourth-order valence-corrected chi connectivity index (χ4v) is 4.57. The minimum Gasteiger partial charge on any atom is -0.377 e. The van der Waals surface area contributed by atoms with Crippen molar-refractivity contribution in [3.63, 3.8) is 0 Å². The molecule has 0 atom stereocenters. The first-order valence-corrected chi connectivity index (χ1v) is 10.2. The van der Waals surface area contributed by atoms with Crippen molar-refractivity contribution in [2.24, 2.45) is 17.3 Å². The Morgan fingerprint density at radius 1 is 0.913 bits per heavy atom. The Balaban J connectivity index is 1.71. The van der Waals surface area contributed by atoms with Crippen molar-refractivity contribution in [3.8, 4) is 6.07 Å². The quantitative estimate of drug-likeness (QED) is 0.529. The van der Waals surface area contributed by atoms with Crippen LogP contribution in [0, 0.1) is 28.6 Å². The SMILES string of the molecule is CCCCC1CCC(C#N)(COC2CCC(CCC)CC2)CC1. The van der Waals surface area contributed by atoms with Crippen molar-refractivity contribution in [1.82, 2.24) is 0 Å². The van der Waals surface area contributed by atoms with E-state index < -0.39 is 0 Å². The number of rotatable bonds is 8. The lowest BCUT2D eigenvalue weighted by Gasteiger charge is -2.37. The number of hydrogen-bond donors (Lipinski definition) is 0. The fourth-order valence-electron chi connectivity index (χ4n) is 4.57. The van der Waals surface area contributed by atoms with Gasteiger partial charge >= 0.3 is 0 Å². The normalized spacial score (nSPS) is 34.9. The van der Waals surface area contributed by atoms with Crippen LogP contribution in [0.15, 0.2) is 0 Å². The van der Waals surface area contributed by atoms with Gasteiger partial charge in [-0.2, -0.15) is 5.26 Å². The molecule has 0 radical (unpaired) electrons. The fraction of sp³-hybridized carbons (Fsp3) is 0.952. The van der Waals surface area contributed by atoms with Gasteiger partial charge in [-0.25, -0.2) is 0 Å². The third-order valence-corrected chi connectivity index (χ3v) is 6.35. The van der Waals surface area contributed by atoms with Crippen molar-refractivity contribution in [3.05, 3.63) is 0 Å². The van der Waals surface area contributed by atoms with E-state index in [1.807, 2.05) is 0 Å². The molecule has 23 heavy (non-hydrogen) atoms. The minimum absolute atomic E-state index is 0.178. The Morgan fingerprint density at radius 2 is 1.57 bits per heavy atom. The van der Waals surface area contributed by atoms with E-state index in [0.29, 0.717) is 12.7 Å². The van der Waals surface area contributed by atoms with E-state index in [4.69, 9.17) is 4.74 Å². The highest BCUT2D eigenvalue weighted by Gasteiger charge is 2.36. The average Bonchev–Trinajstić information content (AvgIpc) is 2.61. The maximum atomic E-state index is 9.72. The molecule has 0 unspecified atom stereocenters. The molecule has 132 valence electrons. The lowest BCUT2D eigenvalue weighted by Crippen LogP contribution is -2.34. The van der Waals surface area contributed by atoms with E-state index in [-0.39, 0.29) is 5.41 Å². The largest absolute Gasteiger partial charge is 0.377 e. The van der Waals surface area contributed by atoms with Gasteiger partial charge in [0.1, 0.15) is 0 Å². The summed E-state index contributed by atoms with van der Waals surface area (Å²) in [5.41, 5.74) is -0.178. The Morgan fingerprint density at radius 3 is 2.13 bits per heavy atom. The average molecular weight is 320 g/mol. The molecule has 0 aromatic rings. The molecule has 0 N–H and O–H groups in total. The third kappa shape index (κ3) is 5.79. The van der Waals surface area contributed by atoms with Crippen LogP contribution >= 0.6 is 0 Å². The van der Waals surface area contributed by atoms with Crippen molar-refractivity contribution in [1.29, 1.82) is 5.26 Å². The number of nitrogens with zero attached hydrogens (tertiary/aromatic N) is 1. The van der Waals surface area contributed by atoms with Crippen LogP contribution in [0.3, 0.4) is 0 Å². The second kappa shape index (κ2) is 9.67. The summed E-state index contributed by atoms with van der Waals surface area (Å²) in [5.74, 6) is 1.79. The molecule has 0 bridgehead atoms. The van der Waals surface area contributed by atoms with Crippen LogP contribution < -0.4 is 0 Å². The van der Waals surface area contributed by atoms with Crippen LogP contribution in [0.1, 0.15) is 97.3 Å². The van der Waals surface area contributed by atoms with Crippen LogP contribution in [-0.2, 0) is 4.74 Å². The van der Waals surface area contributed by atoms with Crippen LogP contribution in [0.5, 0.6) is 0 Å². The summed E-state index contributed by atoms with van der Waals surface area (Å²) in [4.78, 5) is 0. The predicted octanol–water partition coefficient (Wildman–Crippen LogP) is 6.25. The summed E-state index contributed by atoms with van der Waals surface area (Å²) in [6, 6.07) is 2.64. The molecule has 0 spiro atoms. The number of hydrogen-bond acceptors (Lipinski definition) is 2. The molecule has 0 saturated heterocycles. The summed E-state index contributed by atoms with van der Waals surface area (Å²) in [6.07, 6.45) is 16.8. The molecule has 2 rings (SSSR count). The van der Waals surface area contributed by atoms with E-state index in [1.165, 1.54) is 70.6 Å². The maximum Gasteiger partial charge on any atom is 0.0807 e. The van der Waals surface area contributed by atoms with Crippen molar-refractivity contribution in [2.75, 3.05) is 6.61 Å². The smallest absolute Gasteiger partial charge is 0.0807 e. The van der Waals surface area contributed by atoms with Gasteiger partial charge < -0.3 is 4.74 Å². The standard InChI is InChI=1S/C21H37NO/c1-3-5-7-19-12-14-21(16-22,15-13-19)17-23-20-10-8-18(6-4-2)9-11-20/h18-20H,3-15,17H2,1-2H3. The first-order chi connectivity index (χ1) is 11.2. The van der Waals surface area contributed by atoms with E-state index in [9.17, 15) is 5.26 Å². The molecule has 2 aliphatic rings. The van der Waals surface area contributed by atoms with Crippen LogP contribution in [0.25, 0.3) is 0 Å². The number of ether oxygens (including phenoxy) is 1. The zero-order chi connectivity index (χ0) is 16.5. The second-order valence-electron chi connectivity index (χ2n) is 8.22. The van der Waals surface area contributed by atoms with E-state index in [2.05, 4.69) is 19.9 Å². The monoisotopic (exact) mass is 319 g/mol. The van der Waals surface area contributed by atoms with Gasteiger partial charge in [-0.1, -0.05) is 46.0 Å². The molecule has 2 fully saturated rings. The number of nitriles is 1. The summed E-state index contributed by atoms with van der Waals surface area (Å²) in [5, 5.41) is 9.72. The van der Waals surface area contributed by atoms with Gasteiger partial charge in [0.05, 0.1) is 24.2 Å². The van der Waals surface area contributed by atoms with Crippen LogP contribution in [-0.4, -0.2) is 12.7 Å². The summed E-state index contributed by atoms with van der Waals surface area (Å²) >= 11 is 0. The minimum atomic E-state index is -0.178. The van der Waals surface area contributed by atoms with Crippen LogP contribution in [0.2, 0.25) is 0 Å². The first-order valence-electron chi connectivity index (χ1n) is 10.2. The first kappa shape index (κ1) is 18.8. The molecular weight excluding hydrogens is 282 g/mol. The van der Waals surface area contributed by atoms with E-state index in [1.54, 1.807) is 0 Å².